The van der Waals surface area contributed by atoms with Gasteiger partial charge in [-0.25, -0.2) is 4.90 Å². The number of benzene rings is 2. The van der Waals surface area contributed by atoms with E-state index in [0.717, 1.165) is 16.0 Å². The minimum Gasteiger partial charge on any atom is -0.497 e. The molecule has 1 aliphatic rings. The third-order valence-corrected chi connectivity index (χ3v) is 5.68. The second kappa shape index (κ2) is 7.56. The molecular formula is C23H20N2O3S. The van der Waals surface area contributed by atoms with Gasteiger partial charge in [-0.05, 0) is 54.6 Å². The monoisotopic (exact) mass is 404 g/mol. The molecule has 6 heteroatoms. The molecule has 5 nitrogen and oxygen atoms in total. The van der Waals surface area contributed by atoms with Crippen molar-refractivity contribution in [2.24, 2.45) is 0 Å². The van der Waals surface area contributed by atoms with Crippen molar-refractivity contribution in [2.75, 3.05) is 17.3 Å². The number of hydrogen-bond acceptors (Lipinski definition) is 5. The first-order chi connectivity index (χ1) is 14.0. The van der Waals surface area contributed by atoms with Gasteiger partial charge in [0, 0.05) is 16.6 Å². The zero-order chi connectivity index (χ0) is 20.5. The molecule has 3 aromatic rings. The lowest BCUT2D eigenvalue weighted by atomic mass is 10.1. The summed E-state index contributed by atoms with van der Waals surface area (Å²) in [4.78, 5) is 28.8. The third-order valence-electron chi connectivity index (χ3n) is 4.80. The highest BCUT2D eigenvalue weighted by molar-refractivity contribution is 7.11. The van der Waals surface area contributed by atoms with E-state index in [-0.39, 0.29) is 17.5 Å². The van der Waals surface area contributed by atoms with Crippen LogP contribution in [0.25, 0.3) is 5.57 Å². The molecule has 0 fully saturated rings. The molecule has 0 spiro atoms. The van der Waals surface area contributed by atoms with Crippen molar-refractivity contribution in [2.45, 2.75) is 13.8 Å². The summed E-state index contributed by atoms with van der Waals surface area (Å²) in [6, 6.07) is 16.7. The van der Waals surface area contributed by atoms with E-state index in [4.69, 9.17) is 4.74 Å². The fourth-order valence-corrected chi connectivity index (χ4v) is 4.09. The first-order valence-corrected chi connectivity index (χ1v) is 10.0. The van der Waals surface area contributed by atoms with E-state index >= 15 is 0 Å². The maximum absolute atomic E-state index is 13.4. The van der Waals surface area contributed by atoms with E-state index in [1.165, 1.54) is 16.2 Å². The van der Waals surface area contributed by atoms with Crippen molar-refractivity contribution in [3.8, 4) is 5.75 Å². The Kier molecular flexibility index (Phi) is 4.94. The average molecular weight is 404 g/mol. The van der Waals surface area contributed by atoms with Gasteiger partial charge in [0.15, 0.2) is 0 Å². The Bertz CT molecular complexity index is 1130. The summed E-state index contributed by atoms with van der Waals surface area (Å²) in [6.07, 6.45) is 0. The lowest BCUT2D eigenvalue weighted by Gasteiger charge is -2.18. The van der Waals surface area contributed by atoms with Crippen LogP contribution in [0.15, 0.2) is 65.7 Å². The average Bonchev–Trinajstić information content (AvgIpc) is 3.31. The van der Waals surface area contributed by atoms with E-state index < -0.39 is 0 Å². The number of anilines is 2. The summed E-state index contributed by atoms with van der Waals surface area (Å²) < 4.78 is 5.27. The third kappa shape index (κ3) is 3.43. The molecule has 2 amide bonds. The molecule has 2 aromatic carbocycles. The van der Waals surface area contributed by atoms with Crippen molar-refractivity contribution in [3.63, 3.8) is 0 Å². The highest BCUT2D eigenvalue weighted by atomic mass is 32.1. The van der Waals surface area contributed by atoms with Crippen molar-refractivity contribution in [3.05, 3.63) is 81.7 Å². The number of amides is 2. The molecule has 0 aliphatic carbocycles. The fourth-order valence-electron chi connectivity index (χ4n) is 3.32. The van der Waals surface area contributed by atoms with Gasteiger partial charge in [-0.3, -0.25) is 9.59 Å². The minimum atomic E-state index is -0.366. The van der Waals surface area contributed by atoms with Crippen LogP contribution in [-0.4, -0.2) is 18.9 Å². The van der Waals surface area contributed by atoms with Crippen molar-refractivity contribution >= 4 is 40.1 Å². The van der Waals surface area contributed by atoms with Gasteiger partial charge in [0.2, 0.25) is 0 Å². The molecule has 4 rings (SSSR count). The van der Waals surface area contributed by atoms with Crippen LogP contribution in [0.2, 0.25) is 0 Å². The SMILES string of the molecule is COc1cccc(NC2=C(c3cccs3)C(=O)N(c3cc(C)ccc3C)C2=O)c1. The summed E-state index contributed by atoms with van der Waals surface area (Å²) >= 11 is 1.43. The highest BCUT2D eigenvalue weighted by Gasteiger charge is 2.41. The molecule has 0 unspecified atom stereocenters. The van der Waals surface area contributed by atoms with E-state index in [9.17, 15) is 9.59 Å². The van der Waals surface area contributed by atoms with E-state index in [0.29, 0.717) is 22.7 Å². The van der Waals surface area contributed by atoms with E-state index in [1.807, 2.05) is 67.8 Å². The van der Waals surface area contributed by atoms with Crippen LogP contribution in [0.3, 0.4) is 0 Å². The Morgan fingerprint density at radius 2 is 1.79 bits per heavy atom. The van der Waals surface area contributed by atoms with Gasteiger partial charge >= 0.3 is 0 Å². The fraction of sp³-hybridized carbons (Fsp3) is 0.130. The van der Waals surface area contributed by atoms with Crippen LogP contribution in [0.4, 0.5) is 11.4 Å². The molecule has 0 saturated heterocycles. The Morgan fingerprint density at radius 1 is 0.966 bits per heavy atom. The smallest absolute Gasteiger partial charge is 0.282 e. The predicted octanol–water partition coefficient (Wildman–Crippen LogP) is 4.77. The number of nitrogens with zero attached hydrogens (tertiary/aromatic N) is 1. The number of carbonyl (C=O) groups excluding carboxylic acids is 2. The minimum absolute atomic E-state index is 0.270. The lowest BCUT2D eigenvalue weighted by molar-refractivity contribution is -0.120. The van der Waals surface area contributed by atoms with Crippen molar-refractivity contribution < 1.29 is 14.3 Å². The van der Waals surface area contributed by atoms with Gasteiger partial charge < -0.3 is 10.1 Å². The molecule has 1 aromatic heterocycles. The molecular weight excluding hydrogens is 384 g/mol. The lowest BCUT2D eigenvalue weighted by Crippen LogP contribution is -2.33. The number of aryl methyl sites for hydroxylation is 2. The molecule has 2 heterocycles. The Labute approximate surface area is 173 Å². The molecule has 0 radical (unpaired) electrons. The topological polar surface area (TPSA) is 58.6 Å². The quantitative estimate of drug-likeness (QED) is 0.623. The molecule has 0 saturated carbocycles. The standard InChI is InChI=1S/C23H20N2O3S/c1-14-9-10-15(2)18(12-14)25-22(26)20(19-8-5-11-29-19)21(23(25)27)24-16-6-4-7-17(13-16)28-3/h4-13,24H,1-3H3. The van der Waals surface area contributed by atoms with Gasteiger partial charge in [0.1, 0.15) is 11.4 Å². The second-order valence-electron chi connectivity index (χ2n) is 6.82. The number of thiophene rings is 1. The maximum Gasteiger partial charge on any atom is 0.282 e. The normalized spacial score (nSPS) is 14.0. The first-order valence-electron chi connectivity index (χ1n) is 9.15. The number of carbonyl (C=O) groups is 2. The zero-order valence-corrected chi connectivity index (χ0v) is 17.2. The van der Waals surface area contributed by atoms with Crippen LogP contribution in [-0.2, 0) is 9.59 Å². The maximum atomic E-state index is 13.4. The van der Waals surface area contributed by atoms with E-state index in [2.05, 4.69) is 5.32 Å². The molecule has 1 aliphatic heterocycles. The van der Waals surface area contributed by atoms with Gasteiger partial charge in [-0.1, -0.05) is 24.3 Å². The molecule has 0 atom stereocenters. The summed E-state index contributed by atoms with van der Waals surface area (Å²) in [6.45, 7) is 3.84. The van der Waals surface area contributed by atoms with Gasteiger partial charge in [0.05, 0.1) is 18.4 Å². The molecule has 146 valence electrons. The number of methoxy groups -OCH3 is 1. The van der Waals surface area contributed by atoms with Crippen LogP contribution >= 0.6 is 11.3 Å². The highest BCUT2D eigenvalue weighted by Crippen LogP contribution is 2.37. The Hall–Kier alpha value is -3.38. The van der Waals surface area contributed by atoms with E-state index in [1.54, 1.807) is 13.2 Å². The number of hydrogen-bond donors (Lipinski definition) is 1. The van der Waals surface area contributed by atoms with Gasteiger partial charge in [-0.15, -0.1) is 11.3 Å². The summed E-state index contributed by atoms with van der Waals surface area (Å²) in [5.74, 6) is -0.0251. The van der Waals surface area contributed by atoms with Crippen LogP contribution < -0.4 is 15.0 Å². The van der Waals surface area contributed by atoms with Crippen LogP contribution in [0, 0.1) is 13.8 Å². The van der Waals surface area contributed by atoms with Crippen molar-refractivity contribution in [1.82, 2.24) is 0 Å². The number of imide groups is 1. The van der Waals surface area contributed by atoms with Gasteiger partial charge in [-0.2, -0.15) is 0 Å². The second-order valence-corrected chi connectivity index (χ2v) is 7.77. The Balaban J connectivity index is 1.82. The van der Waals surface area contributed by atoms with Gasteiger partial charge in [0.25, 0.3) is 11.8 Å². The first kappa shape index (κ1) is 19.0. The zero-order valence-electron chi connectivity index (χ0n) is 16.4. The largest absolute Gasteiger partial charge is 0.497 e. The summed E-state index contributed by atoms with van der Waals surface area (Å²) in [7, 11) is 1.59. The molecule has 1 N–H and O–H groups in total. The predicted molar refractivity (Wildman–Crippen MR) is 116 cm³/mol. The molecule has 29 heavy (non-hydrogen) atoms. The number of nitrogens with one attached hydrogen (secondary N) is 1. The number of ether oxygens (including phenoxy) is 1. The summed E-state index contributed by atoms with van der Waals surface area (Å²) in [5.41, 5.74) is 3.79. The van der Waals surface area contributed by atoms with Crippen LogP contribution in [0.1, 0.15) is 16.0 Å². The summed E-state index contributed by atoms with van der Waals surface area (Å²) in [5, 5.41) is 5.05. The number of rotatable bonds is 5. The molecule has 0 bridgehead atoms. The van der Waals surface area contributed by atoms with Crippen molar-refractivity contribution in [1.29, 1.82) is 0 Å². The Morgan fingerprint density at radius 3 is 2.52 bits per heavy atom. The van der Waals surface area contributed by atoms with Crippen LogP contribution in [0.5, 0.6) is 5.75 Å².